The Morgan fingerprint density at radius 1 is 1.29 bits per heavy atom. The van der Waals surface area contributed by atoms with Crippen molar-refractivity contribution >= 4 is 41.1 Å². The summed E-state index contributed by atoms with van der Waals surface area (Å²) in [5.74, 6) is -0.340. The van der Waals surface area contributed by atoms with Crippen molar-refractivity contribution in [2.45, 2.75) is 10.1 Å². The third-order valence-electron chi connectivity index (χ3n) is 3.50. The zero-order chi connectivity index (χ0) is 20.1. The van der Waals surface area contributed by atoms with Crippen molar-refractivity contribution < 1.29 is 18.9 Å². The number of rotatable bonds is 6. The number of carbonyl (C=O) groups excluding carboxylic acids is 1. The van der Waals surface area contributed by atoms with E-state index in [0.717, 1.165) is 11.8 Å². The number of hydrogen-bond acceptors (Lipinski definition) is 8. The highest BCUT2D eigenvalue weighted by Gasteiger charge is 2.19. The van der Waals surface area contributed by atoms with Crippen molar-refractivity contribution in [2.75, 3.05) is 7.11 Å². The van der Waals surface area contributed by atoms with Crippen LogP contribution in [0.4, 0.5) is 5.69 Å². The Balaban J connectivity index is 1.86. The number of aromatic nitrogens is 2. The van der Waals surface area contributed by atoms with Crippen LogP contribution in [0.3, 0.4) is 0 Å². The predicted molar refractivity (Wildman–Crippen MR) is 103 cm³/mol. The molecule has 10 heteroatoms. The Hall–Kier alpha value is -3.17. The molecule has 142 valence electrons. The summed E-state index contributed by atoms with van der Waals surface area (Å²) >= 11 is 7.07. The minimum Gasteiger partial charge on any atom is -0.466 e. The monoisotopic (exact) mass is 417 g/mol. The van der Waals surface area contributed by atoms with Gasteiger partial charge >= 0.3 is 5.97 Å². The van der Waals surface area contributed by atoms with Crippen molar-refractivity contribution in [2.24, 2.45) is 0 Å². The number of nitro groups is 1. The quantitative estimate of drug-likeness (QED) is 0.247. The first kappa shape index (κ1) is 19.6. The van der Waals surface area contributed by atoms with Gasteiger partial charge in [0, 0.05) is 12.1 Å². The smallest absolute Gasteiger partial charge is 0.330 e. The van der Waals surface area contributed by atoms with Gasteiger partial charge in [-0.05, 0) is 41.6 Å². The molecule has 0 N–H and O–H groups in total. The van der Waals surface area contributed by atoms with Gasteiger partial charge in [0.1, 0.15) is 0 Å². The van der Waals surface area contributed by atoms with Crippen LogP contribution in [0.5, 0.6) is 0 Å². The Kier molecular flexibility index (Phi) is 6.07. The topological polar surface area (TPSA) is 108 Å². The fourth-order valence-corrected chi connectivity index (χ4v) is 3.17. The first-order valence-corrected chi connectivity index (χ1v) is 8.98. The summed E-state index contributed by atoms with van der Waals surface area (Å²) in [5, 5.41) is 19.9. The SMILES string of the molecule is COC(=O)C=Cc1ccc(Sc2nnc(-c3ccccc3Cl)o2)c([N+](=O)[O-])c1. The molecule has 0 atom stereocenters. The average Bonchev–Trinajstić information content (AvgIpc) is 3.15. The van der Waals surface area contributed by atoms with Gasteiger partial charge in [-0.1, -0.05) is 29.8 Å². The van der Waals surface area contributed by atoms with Crippen LogP contribution in [0.25, 0.3) is 17.5 Å². The molecule has 0 saturated heterocycles. The van der Waals surface area contributed by atoms with E-state index in [-0.39, 0.29) is 16.8 Å². The Morgan fingerprint density at radius 3 is 2.79 bits per heavy atom. The molecule has 0 radical (unpaired) electrons. The van der Waals surface area contributed by atoms with E-state index in [2.05, 4.69) is 14.9 Å². The molecule has 1 heterocycles. The summed E-state index contributed by atoms with van der Waals surface area (Å²) in [7, 11) is 1.25. The van der Waals surface area contributed by atoms with Gasteiger partial charge in [0.15, 0.2) is 0 Å². The van der Waals surface area contributed by atoms with Crippen LogP contribution < -0.4 is 0 Å². The Bertz CT molecular complexity index is 1070. The number of carbonyl (C=O) groups is 1. The maximum absolute atomic E-state index is 11.4. The molecule has 0 aliphatic rings. The van der Waals surface area contributed by atoms with Crippen molar-refractivity contribution in [1.82, 2.24) is 10.2 Å². The number of ether oxygens (including phenoxy) is 1. The number of methoxy groups -OCH3 is 1. The lowest BCUT2D eigenvalue weighted by atomic mass is 10.2. The van der Waals surface area contributed by atoms with Gasteiger partial charge in [-0.2, -0.15) is 0 Å². The van der Waals surface area contributed by atoms with Crippen molar-refractivity contribution in [3.8, 4) is 11.5 Å². The van der Waals surface area contributed by atoms with Crippen LogP contribution in [-0.2, 0) is 9.53 Å². The van der Waals surface area contributed by atoms with Gasteiger partial charge < -0.3 is 9.15 Å². The van der Waals surface area contributed by atoms with Crippen LogP contribution >= 0.6 is 23.4 Å². The van der Waals surface area contributed by atoms with Crippen molar-refractivity contribution in [3.63, 3.8) is 0 Å². The standard InChI is InChI=1S/C18H12ClN3O5S/c1-26-16(23)9-7-11-6-8-15(14(10-11)22(24)25)28-18-21-20-17(27-18)12-4-2-3-5-13(12)19/h2-10H,1H3. The van der Waals surface area contributed by atoms with E-state index in [4.69, 9.17) is 16.0 Å². The van der Waals surface area contributed by atoms with Gasteiger partial charge in [0.25, 0.3) is 10.9 Å². The Labute approximate surface area is 168 Å². The number of nitrogens with zero attached hydrogens (tertiary/aromatic N) is 3. The van der Waals surface area contributed by atoms with Gasteiger partial charge in [0.2, 0.25) is 5.89 Å². The summed E-state index contributed by atoms with van der Waals surface area (Å²) < 4.78 is 10.1. The summed E-state index contributed by atoms with van der Waals surface area (Å²) in [5.41, 5.74) is 0.888. The lowest BCUT2D eigenvalue weighted by Gasteiger charge is -2.01. The highest BCUT2D eigenvalue weighted by Crippen LogP contribution is 2.36. The summed E-state index contributed by atoms with van der Waals surface area (Å²) in [6, 6.07) is 11.5. The van der Waals surface area contributed by atoms with Crippen LogP contribution in [0, 0.1) is 10.1 Å². The second kappa shape index (κ2) is 8.68. The number of nitro benzene ring substituents is 1. The first-order valence-electron chi connectivity index (χ1n) is 7.78. The van der Waals surface area contributed by atoms with E-state index in [1.807, 2.05) is 0 Å². The molecule has 2 aromatic carbocycles. The molecule has 3 rings (SSSR count). The van der Waals surface area contributed by atoms with E-state index < -0.39 is 10.9 Å². The van der Waals surface area contributed by atoms with E-state index in [9.17, 15) is 14.9 Å². The molecule has 0 unspecified atom stereocenters. The molecule has 0 aliphatic carbocycles. The second-order valence-corrected chi connectivity index (χ2v) is 6.70. The highest BCUT2D eigenvalue weighted by atomic mass is 35.5. The number of halogens is 1. The minimum atomic E-state index is -0.556. The van der Waals surface area contributed by atoms with Crippen LogP contribution in [-0.4, -0.2) is 28.2 Å². The zero-order valence-corrected chi connectivity index (χ0v) is 15.9. The molecular formula is C18H12ClN3O5S. The average molecular weight is 418 g/mol. The first-order chi connectivity index (χ1) is 13.5. The fourth-order valence-electron chi connectivity index (χ4n) is 2.19. The lowest BCUT2D eigenvalue weighted by molar-refractivity contribution is -0.387. The molecule has 3 aromatic rings. The van der Waals surface area contributed by atoms with Crippen molar-refractivity contribution in [1.29, 1.82) is 0 Å². The maximum Gasteiger partial charge on any atom is 0.330 e. The van der Waals surface area contributed by atoms with Crippen LogP contribution in [0.15, 0.2) is 63.1 Å². The maximum atomic E-state index is 11.4. The Morgan fingerprint density at radius 2 is 2.07 bits per heavy atom. The lowest BCUT2D eigenvalue weighted by Crippen LogP contribution is -1.94. The molecular weight excluding hydrogens is 406 g/mol. The van der Waals surface area contributed by atoms with Crippen LogP contribution in [0.1, 0.15) is 5.56 Å². The van der Waals surface area contributed by atoms with E-state index in [0.29, 0.717) is 21.0 Å². The summed E-state index contributed by atoms with van der Waals surface area (Å²) in [4.78, 5) is 22.4. The number of hydrogen-bond donors (Lipinski definition) is 0. The van der Waals surface area contributed by atoms with Crippen LogP contribution in [0.2, 0.25) is 5.02 Å². The largest absolute Gasteiger partial charge is 0.466 e. The van der Waals surface area contributed by atoms with Gasteiger partial charge in [-0.25, -0.2) is 4.79 Å². The highest BCUT2D eigenvalue weighted by molar-refractivity contribution is 7.99. The molecule has 1 aromatic heterocycles. The predicted octanol–water partition coefficient (Wildman–Crippen LogP) is 4.64. The minimum absolute atomic E-state index is 0.135. The number of benzene rings is 2. The van der Waals surface area contributed by atoms with E-state index >= 15 is 0 Å². The third-order valence-corrected chi connectivity index (χ3v) is 4.74. The third kappa shape index (κ3) is 4.56. The van der Waals surface area contributed by atoms with Gasteiger partial charge in [0.05, 0.1) is 27.5 Å². The molecule has 0 bridgehead atoms. The van der Waals surface area contributed by atoms with Crippen molar-refractivity contribution in [3.05, 3.63) is 69.2 Å². The molecule has 0 spiro atoms. The molecule has 28 heavy (non-hydrogen) atoms. The van der Waals surface area contributed by atoms with E-state index in [1.165, 1.54) is 25.3 Å². The molecule has 8 nitrogen and oxygen atoms in total. The van der Waals surface area contributed by atoms with Gasteiger partial charge in [-0.3, -0.25) is 10.1 Å². The number of esters is 1. The molecule has 0 fully saturated rings. The van der Waals surface area contributed by atoms with E-state index in [1.54, 1.807) is 36.4 Å². The summed E-state index contributed by atoms with van der Waals surface area (Å²) in [6.07, 6.45) is 2.61. The summed E-state index contributed by atoms with van der Waals surface area (Å²) in [6.45, 7) is 0. The second-order valence-electron chi connectivity index (χ2n) is 5.30. The molecule has 0 aliphatic heterocycles. The normalized spacial score (nSPS) is 10.9. The molecule has 0 amide bonds. The zero-order valence-electron chi connectivity index (χ0n) is 14.4. The fraction of sp³-hybridized carbons (Fsp3) is 0.0556. The molecule has 0 saturated carbocycles. The van der Waals surface area contributed by atoms with Gasteiger partial charge in [-0.15, -0.1) is 10.2 Å².